The molecule has 15 heavy (non-hydrogen) atoms. The zero-order valence-electron chi connectivity index (χ0n) is 9.45. The lowest BCUT2D eigenvalue weighted by molar-refractivity contribution is 0.340. The molecule has 1 saturated carbocycles. The van der Waals surface area contributed by atoms with Crippen molar-refractivity contribution in [3.05, 3.63) is 12.2 Å². The maximum atomic E-state index is 4.19. The predicted molar refractivity (Wildman–Crippen MR) is 59.3 cm³/mol. The van der Waals surface area contributed by atoms with Gasteiger partial charge in [0.1, 0.15) is 12.2 Å². The fourth-order valence-corrected chi connectivity index (χ4v) is 2.26. The Labute approximate surface area is 91.1 Å². The molecule has 0 radical (unpaired) electrons. The normalized spacial score (nSPS) is 18.2. The summed E-state index contributed by atoms with van der Waals surface area (Å²) < 4.78 is 1.83. The van der Waals surface area contributed by atoms with E-state index in [0.717, 1.165) is 24.8 Å². The monoisotopic (exact) mass is 208 g/mol. The zero-order valence-corrected chi connectivity index (χ0v) is 9.45. The smallest absolute Gasteiger partial charge is 0.140 e. The maximum absolute atomic E-state index is 4.19. The third-order valence-corrected chi connectivity index (χ3v) is 3.25. The van der Waals surface area contributed by atoms with Gasteiger partial charge in [-0.15, -0.1) is 0 Å². The van der Waals surface area contributed by atoms with E-state index < -0.39 is 0 Å². The van der Waals surface area contributed by atoms with Crippen molar-refractivity contribution >= 4 is 0 Å². The number of aryl methyl sites for hydroxylation is 1. The highest BCUT2D eigenvalue weighted by Gasteiger charge is 2.12. The van der Waals surface area contributed by atoms with Crippen LogP contribution in [0.2, 0.25) is 0 Å². The molecule has 0 saturated heterocycles. The zero-order chi connectivity index (χ0) is 10.5. The van der Waals surface area contributed by atoms with Gasteiger partial charge in [-0.2, -0.15) is 5.10 Å². The van der Waals surface area contributed by atoms with Crippen molar-refractivity contribution in [1.29, 1.82) is 0 Å². The van der Waals surface area contributed by atoms with E-state index in [9.17, 15) is 0 Å². The molecule has 1 N–H and O–H groups in total. The lowest BCUT2D eigenvalue weighted by atomic mass is 9.89. The summed E-state index contributed by atoms with van der Waals surface area (Å²) in [6.07, 6.45) is 8.65. The first-order valence-electron chi connectivity index (χ1n) is 5.90. The summed E-state index contributed by atoms with van der Waals surface area (Å²) in [4.78, 5) is 4.19. The van der Waals surface area contributed by atoms with E-state index in [1.807, 2.05) is 11.7 Å². The molecule has 0 atom stereocenters. The van der Waals surface area contributed by atoms with Crippen molar-refractivity contribution in [3.63, 3.8) is 0 Å². The molecule has 0 unspecified atom stereocenters. The minimum Gasteiger partial charge on any atom is -0.310 e. The van der Waals surface area contributed by atoms with Crippen molar-refractivity contribution in [2.75, 3.05) is 6.54 Å². The van der Waals surface area contributed by atoms with Crippen LogP contribution in [-0.2, 0) is 13.6 Å². The maximum Gasteiger partial charge on any atom is 0.140 e. The second-order valence-corrected chi connectivity index (χ2v) is 4.43. The second-order valence-electron chi connectivity index (χ2n) is 4.43. The molecular formula is C11H20N4. The van der Waals surface area contributed by atoms with Crippen LogP contribution in [0.15, 0.2) is 6.33 Å². The fourth-order valence-electron chi connectivity index (χ4n) is 2.26. The second kappa shape index (κ2) is 5.26. The van der Waals surface area contributed by atoms with E-state index >= 15 is 0 Å². The third-order valence-electron chi connectivity index (χ3n) is 3.25. The fraction of sp³-hybridized carbons (Fsp3) is 0.818. The van der Waals surface area contributed by atoms with Crippen LogP contribution in [0.3, 0.4) is 0 Å². The van der Waals surface area contributed by atoms with Gasteiger partial charge in [0.05, 0.1) is 6.54 Å². The molecule has 0 amide bonds. The molecule has 84 valence electrons. The van der Waals surface area contributed by atoms with Crippen LogP contribution >= 0.6 is 0 Å². The van der Waals surface area contributed by atoms with E-state index in [1.165, 1.54) is 32.1 Å². The van der Waals surface area contributed by atoms with E-state index in [-0.39, 0.29) is 0 Å². The minimum atomic E-state index is 0.840. The molecule has 1 fully saturated rings. The first-order valence-corrected chi connectivity index (χ1v) is 5.90. The number of aromatic nitrogens is 3. The molecule has 1 aromatic heterocycles. The Balaban J connectivity index is 1.68. The molecule has 0 aliphatic heterocycles. The molecule has 0 aromatic carbocycles. The number of hydrogen-bond donors (Lipinski definition) is 1. The standard InChI is InChI=1S/C11H20N4/c1-15-11(13-9-14-15)8-12-7-10-5-3-2-4-6-10/h9-10,12H,2-8H2,1H3. The Bertz CT molecular complexity index is 289. The Kier molecular flexibility index (Phi) is 3.72. The Morgan fingerprint density at radius 2 is 2.20 bits per heavy atom. The largest absolute Gasteiger partial charge is 0.310 e. The summed E-state index contributed by atoms with van der Waals surface area (Å²) in [5.74, 6) is 1.90. The SMILES string of the molecule is Cn1ncnc1CNCC1CCCCC1. The number of nitrogens with zero attached hydrogens (tertiary/aromatic N) is 3. The molecule has 2 rings (SSSR count). The van der Waals surface area contributed by atoms with E-state index in [2.05, 4.69) is 15.4 Å². The van der Waals surface area contributed by atoms with E-state index in [1.54, 1.807) is 6.33 Å². The average molecular weight is 208 g/mol. The van der Waals surface area contributed by atoms with Crippen LogP contribution in [0.1, 0.15) is 37.9 Å². The summed E-state index contributed by atoms with van der Waals surface area (Å²) in [6, 6.07) is 0. The summed E-state index contributed by atoms with van der Waals surface area (Å²) in [5, 5.41) is 7.52. The highest BCUT2D eigenvalue weighted by Crippen LogP contribution is 2.22. The van der Waals surface area contributed by atoms with Gasteiger partial charge in [0.2, 0.25) is 0 Å². The molecule has 0 spiro atoms. The molecule has 1 aliphatic rings. The first kappa shape index (κ1) is 10.6. The van der Waals surface area contributed by atoms with Gasteiger partial charge in [-0.05, 0) is 25.3 Å². The number of hydrogen-bond acceptors (Lipinski definition) is 3. The van der Waals surface area contributed by atoms with Crippen molar-refractivity contribution < 1.29 is 0 Å². The van der Waals surface area contributed by atoms with Crippen LogP contribution < -0.4 is 5.32 Å². The molecule has 1 heterocycles. The lowest BCUT2D eigenvalue weighted by Crippen LogP contribution is -2.25. The van der Waals surface area contributed by atoms with Gasteiger partial charge in [-0.25, -0.2) is 4.98 Å². The first-order chi connectivity index (χ1) is 7.36. The number of rotatable bonds is 4. The van der Waals surface area contributed by atoms with Gasteiger partial charge in [0.25, 0.3) is 0 Å². The summed E-state index contributed by atoms with van der Waals surface area (Å²) in [5.41, 5.74) is 0. The molecule has 0 bridgehead atoms. The van der Waals surface area contributed by atoms with Crippen molar-refractivity contribution in [2.24, 2.45) is 13.0 Å². The Hall–Kier alpha value is -0.900. The molecule has 4 nitrogen and oxygen atoms in total. The third kappa shape index (κ3) is 3.02. The van der Waals surface area contributed by atoms with Crippen molar-refractivity contribution in [2.45, 2.75) is 38.6 Å². The molecule has 1 aliphatic carbocycles. The average Bonchev–Trinajstić information content (AvgIpc) is 2.66. The molecule has 1 aromatic rings. The summed E-state index contributed by atoms with van der Waals surface area (Å²) >= 11 is 0. The Morgan fingerprint density at radius 1 is 1.40 bits per heavy atom. The quantitative estimate of drug-likeness (QED) is 0.815. The van der Waals surface area contributed by atoms with Crippen LogP contribution in [0, 0.1) is 5.92 Å². The van der Waals surface area contributed by atoms with E-state index in [4.69, 9.17) is 0 Å². The van der Waals surface area contributed by atoms with Gasteiger partial charge in [-0.3, -0.25) is 4.68 Å². The van der Waals surface area contributed by atoms with Crippen LogP contribution in [0.5, 0.6) is 0 Å². The van der Waals surface area contributed by atoms with E-state index in [0.29, 0.717) is 0 Å². The lowest BCUT2D eigenvalue weighted by Gasteiger charge is -2.21. The highest BCUT2D eigenvalue weighted by atomic mass is 15.3. The predicted octanol–water partition coefficient (Wildman–Crippen LogP) is 1.48. The number of nitrogens with one attached hydrogen (secondary N) is 1. The van der Waals surface area contributed by atoms with Crippen molar-refractivity contribution in [3.8, 4) is 0 Å². The van der Waals surface area contributed by atoms with Crippen LogP contribution in [0.4, 0.5) is 0 Å². The van der Waals surface area contributed by atoms with Gasteiger partial charge < -0.3 is 5.32 Å². The molecular weight excluding hydrogens is 188 g/mol. The summed E-state index contributed by atoms with van der Waals surface area (Å²) in [7, 11) is 1.94. The van der Waals surface area contributed by atoms with Crippen LogP contribution in [-0.4, -0.2) is 21.3 Å². The Morgan fingerprint density at radius 3 is 2.87 bits per heavy atom. The van der Waals surface area contributed by atoms with Gasteiger partial charge in [0.15, 0.2) is 0 Å². The minimum absolute atomic E-state index is 0.840. The van der Waals surface area contributed by atoms with Crippen LogP contribution in [0.25, 0.3) is 0 Å². The van der Waals surface area contributed by atoms with Crippen molar-refractivity contribution in [1.82, 2.24) is 20.1 Å². The van der Waals surface area contributed by atoms with Gasteiger partial charge >= 0.3 is 0 Å². The molecule has 4 heteroatoms. The van der Waals surface area contributed by atoms with Gasteiger partial charge in [0, 0.05) is 7.05 Å². The van der Waals surface area contributed by atoms with Gasteiger partial charge in [-0.1, -0.05) is 19.3 Å². The highest BCUT2D eigenvalue weighted by molar-refractivity contribution is 4.82. The summed E-state index contributed by atoms with van der Waals surface area (Å²) in [6.45, 7) is 1.97. The topological polar surface area (TPSA) is 42.7 Å².